The summed E-state index contributed by atoms with van der Waals surface area (Å²) in [7, 11) is 0. The van der Waals surface area contributed by atoms with Crippen molar-refractivity contribution in [1.29, 1.82) is 0 Å². The number of imidazole rings is 1. The van der Waals surface area contributed by atoms with Gasteiger partial charge in [-0.15, -0.1) is 0 Å². The van der Waals surface area contributed by atoms with Gasteiger partial charge < -0.3 is 14.0 Å². The number of ether oxygens (including phenoxy) is 2. The molecule has 3 heterocycles. The monoisotopic (exact) mass is 326 g/mol. The number of hydrogen-bond donors (Lipinski definition) is 0. The summed E-state index contributed by atoms with van der Waals surface area (Å²) in [5.74, 6) is -0.892. The Hall–Kier alpha value is -1.31. The summed E-state index contributed by atoms with van der Waals surface area (Å²) in [6.45, 7) is 3.27. The molecule has 4 rings (SSSR count). The number of rotatable bonds is 2. The SMILES string of the molecule is CC1(C)O[C@@H]2[C@@H](CF)C[C@@H](n3cnc4c(Cl)ncnc43)[C@@H]2O1. The highest BCUT2D eigenvalue weighted by atomic mass is 35.5. The summed E-state index contributed by atoms with van der Waals surface area (Å²) in [5, 5.41) is 0.309. The second-order valence-electron chi connectivity index (χ2n) is 6.27. The number of fused-ring (bicyclic) bond motifs is 2. The molecule has 2 aromatic rings. The van der Waals surface area contributed by atoms with E-state index < -0.39 is 12.5 Å². The summed E-state index contributed by atoms with van der Waals surface area (Å²) < 4.78 is 27.2. The van der Waals surface area contributed by atoms with Crippen molar-refractivity contribution >= 4 is 22.8 Å². The molecule has 1 aliphatic carbocycles. The largest absolute Gasteiger partial charge is 0.344 e. The maximum Gasteiger partial charge on any atom is 0.165 e. The first kappa shape index (κ1) is 14.3. The number of hydrogen-bond acceptors (Lipinski definition) is 5. The molecule has 118 valence electrons. The maximum absolute atomic E-state index is 13.4. The highest BCUT2D eigenvalue weighted by Crippen LogP contribution is 2.47. The van der Waals surface area contributed by atoms with Crippen molar-refractivity contribution in [3.8, 4) is 0 Å². The van der Waals surface area contributed by atoms with Crippen LogP contribution in [-0.2, 0) is 9.47 Å². The minimum absolute atomic E-state index is 0.0801. The van der Waals surface area contributed by atoms with E-state index in [2.05, 4.69) is 15.0 Å². The molecule has 0 aromatic carbocycles. The van der Waals surface area contributed by atoms with Crippen molar-refractivity contribution < 1.29 is 13.9 Å². The van der Waals surface area contributed by atoms with Crippen LogP contribution in [0, 0.1) is 5.92 Å². The van der Waals surface area contributed by atoms with Gasteiger partial charge >= 0.3 is 0 Å². The molecule has 8 heteroatoms. The number of nitrogens with zero attached hydrogens (tertiary/aromatic N) is 4. The summed E-state index contributed by atoms with van der Waals surface area (Å²) >= 11 is 6.05. The van der Waals surface area contributed by atoms with Gasteiger partial charge in [0.2, 0.25) is 0 Å². The lowest BCUT2D eigenvalue weighted by molar-refractivity contribution is -0.160. The van der Waals surface area contributed by atoms with Gasteiger partial charge in [0.1, 0.15) is 17.9 Å². The Bertz CT molecular complexity index is 722. The third kappa shape index (κ3) is 2.03. The smallest absolute Gasteiger partial charge is 0.165 e. The Morgan fingerprint density at radius 2 is 2.09 bits per heavy atom. The second kappa shape index (κ2) is 4.84. The fourth-order valence-corrected chi connectivity index (χ4v) is 3.72. The van der Waals surface area contributed by atoms with Crippen LogP contribution in [0.3, 0.4) is 0 Å². The minimum atomic E-state index is -0.704. The van der Waals surface area contributed by atoms with Crippen molar-refractivity contribution in [2.24, 2.45) is 5.92 Å². The van der Waals surface area contributed by atoms with E-state index in [0.717, 1.165) is 0 Å². The van der Waals surface area contributed by atoms with Gasteiger partial charge in [-0.2, -0.15) is 0 Å². The van der Waals surface area contributed by atoms with Gasteiger partial charge in [0.25, 0.3) is 0 Å². The van der Waals surface area contributed by atoms with Crippen LogP contribution in [0.2, 0.25) is 5.15 Å². The quantitative estimate of drug-likeness (QED) is 0.794. The highest BCUT2D eigenvalue weighted by Gasteiger charge is 2.54. The Kier molecular flexibility index (Phi) is 3.15. The van der Waals surface area contributed by atoms with Crippen LogP contribution >= 0.6 is 11.6 Å². The molecule has 22 heavy (non-hydrogen) atoms. The van der Waals surface area contributed by atoms with E-state index in [-0.39, 0.29) is 24.2 Å². The van der Waals surface area contributed by atoms with Crippen molar-refractivity contribution in [1.82, 2.24) is 19.5 Å². The fraction of sp³-hybridized carbons (Fsp3) is 0.643. The van der Waals surface area contributed by atoms with E-state index in [9.17, 15) is 4.39 Å². The molecular formula is C14H16ClFN4O2. The molecule has 0 bridgehead atoms. The summed E-state index contributed by atoms with van der Waals surface area (Å²) in [6.07, 6.45) is 3.22. The third-order valence-electron chi connectivity index (χ3n) is 4.42. The Morgan fingerprint density at radius 1 is 1.32 bits per heavy atom. The summed E-state index contributed by atoms with van der Waals surface area (Å²) in [5.41, 5.74) is 1.18. The molecule has 1 saturated heterocycles. The molecule has 0 amide bonds. The molecule has 2 aliphatic rings. The summed E-state index contributed by atoms with van der Waals surface area (Å²) in [6, 6.07) is -0.0801. The van der Waals surface area contributed by atoms with E-state index in [4.69, 9.17) is 21.1 Å². The second-order valence-corrected chi connectivity index (χ2v) is 6.63. The van der Waals surface area contributed by atoms with Gasteiger partial charge in [0.15, 0.2) is 16.6 Å². The first-order valence-corrected chi connectivity index (χ1v) is 7.62. The normalized spacial score (nSPS) is 33.5. The molecule has 0 unspecified atom stereocenters. The van der Waals surface area contributed by atoms with Gasteiger partial charge in [-0.05, 0) is 20.3 Å². The zero-order valence-electron chi connectivity index (χ0n) is 12.2. The molecule has 4 atom stereocenters. The minimum Gasteiger partial charge on any atom is -0.344 e. The van der Waals surface area contributed by atoms with E-state index in [0.29, 0.717) is 22.7 Å². The lowest BCUT2D eigenvalue weighted by Crippen LogP contribution is -2.27. The predicted molar refractivity (Wildman–Crippen MR) is 77.3 cm³/mol. The van der Waals surface area contributed by atoms with E-state index in [1.807, 2.05) is 18.4 Å². The van der Waals surface area contributed by atoms with Gasteiger partial charge in [-0.1, -0.05) is 11.6 Å². The van der Waals surface area contributed by atoms with E-state index in [1.165, 1.54) is 6.33 Å². The molecule has 6 nitrogen and oxygen atoms in total. The number of aromatic nitrogens is 4. The van der Waals surface area contributed by atoms with Gasteiger partial charge in [-0.3, -0.25) is 4.39 Å². The highest BCUT2D eigenvalue weighted by molar-refractivity contribution is 6.33. The van der Waals surface area contributed by atoms with Crippen LogP contribution in [0.25, 0.3) is 11.2 Å². The number of halogens is 2. The van der Waals surface area contributed by atoms with Crippen LogP contribution in [-0.4, -0.2) is 44.2 Å². The Balaban J connectivity index is 1.77. The van der Waals surface area contributed by atoms with E-state index in [1.54, 1.807) is 6.33 Å². The van der Waals surface area contributed by atoms with Crippen molar-refractivity contribution in [3.63, 3.8) is 0 Å². The van der Waals surface area contributed by atoms with Crippen LogP contribution in [0.5, 0.6) is 0 Å². The zero-order valence-corrected chi connectivity index (χ0v) is 13.0. The first-order chi connectivity index (χ1) is 10.5. The fourth-order valence-electron chi connectivity index (χ4n) is 3.55. The zero-order chi connectivity index (χ0) is 15.5. The van der Waals surface area contributed by atoms with Crippen LogP contribution < -0.4 is 0 Å². The molecule has 0 radical (unpaired) electrons. The van der Waals surface area contributed by atoms with Crippen LogP contribution in [0.4, 0.5) is 4.39 Å². The average molecular weight is 327 g/mol. The topological polar surface area (TPSA) is 62.1 Å². The molecule has 2 aromatic heterocycles. The first-order valence-electron chi connectivity index (χ1n) is 7.25. The number of alkyl halides is 1. The van der Waals surface area contributed by atoms with Crippen molar-refractivity contribution in [3.05, 3.63) is 17.8 Å². The predicted octanol–water partition coefficient (Wildman–Crippen LogP) is 2.53. The van der Waals surface area contributed by atoms with E-state index >= 15 is 0 Å². The lowest BCUT2D eigenvalue weighted by Gasteiger charge is -2.23. The maximum atomic E-state index is 13.4. The van der Waals surface area contributed by atoms with Gasteiger partial charge in [0, 0.05) is 5.92 Å². The molecule has 1 aliphatic heterocycles. The Morgan fingerprint density at radius 3 is 2.86 bits per heavy atom. The van der Waals surface area contributed by atoms with Crippen LogP contribution in [0.15, 0.2) is 12.7 Å². The molecule has 0 N–H and O–H groups in total. The van der Waals surface area contributed by atoms with Crippen molar-refractivity contribution in [2.75, 3.05) is 6.67 Å². The Labute approximate surface area is 131 Å². The molecule has 2 fully saturated rings. The average Bonchev–Trinajstić information content (AvgIpc) is 3.10. The summed E-state index contributed by atoms with van der Waals surface area (Å²) in [4.78, 5) is 12.5. The third-order valence-corrected chi connectivity index (χ3v) is 4.70. The van der Waals surface area contributed by atoms with Gasteiger partial charge in [0.05, 0.1) is 25.1 Å². The van der Waals surface area contributed by atoms with Gasteiger partial charge in [-0.25, -0.2) is 15.0 Å². The molecule has 1 saturated carbocycles. The van der Waals surface area contributed by atoms with Crippen molar-refractivity contribution in [2.45, 2.75) is 44.3 Å². The molecular weight excluding hydrogens is 311 g/mol. The lowest BCUT2D eigenvalue weighted by atomic mass is 10.1. The standard InChI is InChI=1S/C14H16ClFN4O2/c1-14(2)21-10-7(4-16)3-8(11(10)22-14)20-6-19-9-12(15)17-5-18-13(9)20/h5-8,10-11H,3-4H2,1-2H3/t7-,8-,10-,11+/m1/s1. The van der Waals surface area contributed by atoms with Crippen LogP contribution in [0.1, 0.15) is 26.3 Å². The molecule has 0 spiro atoms.